The summed E-state index contributed by atoms with van der Waals surface area (Å²) < 4.78 is 13.0. The molecule has 41 heavy (non-hydrogen) atoms. The predicted molar refractivity (Wildman–Crippen MR) is 162 cm³/mol. The van der Waals surface area contributed by atoms with E-state index in [1.54, 1.807) is 16.9 Å². The lowest BCUT2D eigenvalue weighted by Crippen LogP contribution is -2.51. The van der Waals surface area contributed by atoms with Crippen molar-refractivity contribution in [3.63, 3.8) is 0 Å². The molecular weight excluding hydrogens is 540 g/mol. The highest BCUT2D eigenvalue weighted by Crippen LogP contribution is 2.34. The van der Waals surface area contributed by atoms with Crippen molar-refractivity contribution in [2.75, 3.05) is 45.2 Å². The van der Waals surface area contributed by atoms with Crippen LogP contribution in [0.3, 0.4) is 0 Å². The number of urea groups is 1. The van der Waals surface area contributed by atoms with Gasteiger partial charge in [-0.15, -0.1) is 0 Å². The maximum absolute atomic E-state index is 13.8. The predicted octanol–water partition coefficient (Wildman–Crippen LogP) is 6.50. The van der Waals surface area contributed by atoms with E-state index in [0.717, 1.165) is 28.4 Å². The summed E-state index contributed by atoms with van der Waals surface area (Å²) in [7, 11) is 1.63. The average Bonchev–Trinajstić information content (AvgIpc) is 3.34. The van der Waals surface area contributed by atoms with Gasteiger partial charge in [-0.05, 0) is 74.0 Å². The van der Waals surface area contributed by atoms with Gasteiger partial charge in [0.2, 0.25) is 0 Å². The van der Waals surface area contributed by atoms with Crippen LogP contribution in [-0.2, 0) is 0 Å². The molecule has 0 radical (unpaired) electrons. The Morgan fingerprint density at radius 1 is 0.902 bits per heavy atom. The zero-order chi connectivity index (χ0) is 28.9. The summed E-state index contributed by atoms with van der Waals surface area (Å²) in [6.45, 7) is 6.03. The summed E-state index contributed by atoms with van der Waals surface area (Å²) in [6.07, 6.45) is 0. The molecule has 1 aliphatic rings. The third-order valence-corrected chi connectivity index (χ3v) is 7.56. The Morgan fingerprint density at radius 3 is 2.24 bits per heavy atom. The van der Waals surface area contributed by atoms with Crippen molar-refractivity contribution in [2.45, 2.75) is 13.8 Å². The van der Waals surface area contributed by atoms with Gasteiger partial charge in [-0.3, -0.25) is 4.79 Å². The van der Waals surface area contributed by atoms with Crippen LogP contribution in [0, 0.1) is 6.92 Å². The molecule has 0 aliphatic carbocycles. The van der Waals surface area contributed by atoms with Crippen molar-refractivity contribution >= 4 is 29.2 Å². The first kappa shape index (κ1) is 28.1. The van der Waals surface area contributed by atoms with E-state index in [1.807, 2.05) is 97.3 Å². The van der Waals surface area contributed by atoms with E-state index in [9.17, 15) is 9.59 Å². The number of hydrogen-bond donors (Lipinski definition) is 1. The maximum atomic E-state index is 13.8. The molecule has 0 atom stereocenters. The molecule has 3 aromatic carbocycles. The summed E-state index contributed by atoms with van der Waals surface area (Å²) in [4.78, 5) is 30.4. The number of rotatable bonds is 7. The maximum Gasteiger partial charge on any atom is 0.322 e. The number of aromatic nitrogens is 1. The molecule has 1 aliphatic heterocycles. The Morgan fingerprint density at radius 2 is 1.56 bits per heavy atom. The molecule has 4 aromatic rings. The molecular formula is C32H33ClN4O4. The van der Waals surface area contributed by atoms with E-state index in [-0.39, 0.29) is 11.9 Å². The fourth-order valence-corrected chi connectivity index (χ4v) is 5.29. The number of benzene rings is 3. The second-order valence-corrected chi connectivity index (χ2v) is 10.1. The summed E-state index contributed by atoms with van der Waals surface area (Å²) in [5, 5.41) is 3.53. The molecule has 1 fully saturated rings. The first-order valence-electron chi connectivity index (χ1n) is 13.6. The zero-order valence-corrected chi connectivity index (χ0v) is 24.1. The number of carbonyl (C=O) groups is 2. The molecule has 5 rings (SSSR count). The van der Waals surface area contributed by atoms with E-state index < -0.39 is 0 Å². The molecule has 212 valence electrons. The van der Waals surface area contributed by atoms with Crippen LogP contribution in [0.15, 0.2) is 78.9 Å². The van der Waals surface area contributed by atoms with Crippen LogP contribution in [0.4, 0.5) is 10.5 Å². The molecule has 1 aromatic heterocycles. The summed E-state index contributed by atoms with van der Waals surface area (Å²) in [6, 6.07) is 24.4. The third kappa shape index (κ3) is 5.88. The van der Waals surface area contributed by atoms with Crippen LogP contribution in [0.25, 0.3) is 16.9 Å². The number of nitrogens with zero attached hydrogens (tertiary/aromatic N) is 3. The van der Waals surface area contributed by atoms with Gasteiger partial charge < -0.3 is 29.2 Å². The van der Waals surface area contributed by atoms with Crippen molar-refractivity contribution in [1.82, 2.24) is 14.4 Å². The Hall–Kier alpha value is -4.43. The van der Waals surface area contributed by atoms with Crippen LogP contribution in [-0.4, -0.2) is 66.2 Å². The van der Waals surface area contributed by atoms with Crippen LogP contribution in [0.1, 0.15) is 23.0 Å². The molecule has 0 bridgehead atoms. The molecule has 1 saturated heterocycles. The SMILES string of the molecule is CCOc1ccccc1NC(=O)N1CCN(C(=O)c2cc(-c3ccc(OC)cc3)n(-c3ccccc3Cl)c2C)CC1. The van der Waals surface area contributed by atoms with Gasteiger partial charge in [0.25, 0.3) is 5.91 Å². The molecule has 1 N–H and O–H groups in total. The molecule has 0 saturated carbocycles. The fraction of sp³-hybridized carbons (Fsp3) is 0.250. The highest BCUT2D eigenvalue weighted by molar-refractivity contribution is 6.32. The summed E-state index contributed by atoms with van der Waals surface area (Å²) >= 11 is 6.62. The van der Waals surface area contributed by atoms with Gasteiger partial charge in [0.05, 0.1) is 41.4 Å². The number of piperazine rings is 1. The Kier molecular flexibility index (Phi) is 8.50. The number of amides is 3. The molecule has 9 heteroatoms. The monoisotopic (exact) mass is 572 g/mol. The van der Waals surface area contributed by atoms with Gasteiger partial charge in [0.1, 0.15) is 11.5 Å². The number of para-hydroxylation sites is 3. The molecule has 8 nitrogen and oxygen atoms in total. The van der Waals surface area contributed by atoms with Crippen molar-refractivity contribution in [3.05, 3.63) is 95.1 Å². The average molecular weight is 573 g/mol. The number of nitrogens with one attached hydrogen (secondary N) is 1. The number of halogens is 1. The van der Waals surface area contributed by atoms with Gasteiger partial charge in [-0.1, -0.05) is 35.9 Å². The van der Waals surface area contributed by atoms with Crippen LogP contribution in [0.2, 0.25) is 5.02 Å². The minimum atomic E-state index is -0.216. The third-order valence-electron chi connectivity index (χ3n) is 7.24. The summed E-state index contributed by atoms with van der Waals surface area (Å²) in [5.74, 6) is 1.30. The van der Waals surface area contributed by atoms with E-state index in [2.05, 4.69) is 5.32 Å². The smallest absolute Gasteiger partial charge is 0.322 e. The van der Waals surface area contributed by atoms with Gasteiger partial charge in [-0.2, -0.15) is 0 Å². The zero-order valence-electron chi connectivity index (χ0n) is 23.4. The van der Waals surface area contributed by atoms with E-state index >= 15 is 0 Å². The lowest BCUT2D eigenvalue weighted by Gasteiger charge is -2.34. The lowest BCUT2D eigenvalue weighted by molar-refractivity contribution is 0.0671. The molecule has 3 amide bonds. The first-order chi connectivity index (χ1) is 19.9. The van der Waals surface area contributed by atoms with Gasteiger partial charge in [-0.25, -0.2) is 4.79 Å². The van der Waals surface area contributed by atoms with Crippen LogP contribution in [0.5, 0.6) is 11.5 Å². The van der Waals surface area contributed by atoms with E-state index in [1.165, 1.54) is 0 Å². The largest absolute Gasteiger partial charge is 0.497 e. The van der Waals surface area contributed by atoms with Crippen molar-refractivity contribution in [3.8, 4) is 28.4 Å². The number of ether oxygens (including phenoxy) is 2. The van der Waals surface area contributed by atoms with E-state index in [0.29, 0.717) is 54.8 Å². The topological polar surface area (TPSA) is 76.0 Å². The normalized spacial score (nSPS) is 13.2. The Labute approximate surface area is 245 Å². The standard InChI is InChI=1S/C32H33ClN4O4/c1-4-41-30-12-8-6-10-27(30)34-32(39)36-19-17-35(18-20-36)31(38)25-21-29(23-13-15-24(40-3)16-14-23)37(22(25)2)28-11-7-5-9-26(28)33/h5-16,21H,4,17-20H2,1-3H3,(H,34,39). The van der Waals surface area contributed by atoms with Crippen molar-refractivity contribution in [1.29, 1.82) is 0 Å². The number of anilines is 1. The van der Waals surface area contributed by atoms with E-state index in [4.69, 9.17) is 21.1 Å². The van der Waals surface area contributed by atoms with Crippen LogP contribution >= 0.6 is 11.6 Å². The second-order valence-electron chi connectivity index (χ2n) is 9.68. The molecule has 2 heterocycles. The highest BCUT2D eigenvalue weighted by Gasteiger charge is 2.29. The van der Waals surface area contributed by atoms with Crippen LogP contribution < -0.4 is 14.8 Å². The first-order valence-corrected chi connectivity index (χ1v) is 14.0. The second kappa shape index (κ2) is 12.4. The quantitative estimate of drug-likeness (QED) is 0.274. The highest BCUT2D eigenvalue weighted by atomic mass is 35.5. The lowest BCUT2D eigenvalue weighted by atomic mass is 10.1. The minimum Gasteiger partial charge on any atom is -0.497 e. The van der Waals surface area contributed by atoms with Gasteiger partial charge >= 0.3 is 6.03 Å². The van der Waals surface area contributed by atoms with Crippen molar-refractivity contribution in [2.24, 2.45) is 0 Å². The number of carbonyl (C=O) groups excluding carboxylic acids is 2. The number of hydrogen-bond acceptors (Lipinski definition) is 4. The fourth-order valence-electron chi connectivity index (χ4n) is 5.07. The van der Waals surface area contributed by atoms with Gasteiger partial charge in [0, 0.05) is 31.9 Å². The molecule has 0 unspecified atom stereocenters. The number of methoxy groups -OCH3 is 1. The minimum absolute atomic E-state index is 0.0789. The Balaban J connectivity index is 1.36. The van der Waals surface area contributed by atoms with Gasteiger partial charge in [0.15, 0.2) is 0 Å². The van der Waals surface area contributed by atoms with Crippen molar-refractivity contribution < 1.29 is 19.1 Å². The Bertz CT molecular complexity index is 1540. The summed E-state index contributed by atoms with van der Waals surface area (Å²) in [5.41, 5.74) is 4.60. The molecule has 0 spiro atoms.